The zero-order valence-corrected chi connectivity index (χ0v) is 18.1. The van der Waals surface area contributed by atoms with E-state index in [0.29, 0.717) is 0 Å². The Kier molecular flexibility index (Phi) is 7.33. The van der Waals surface area contributed by atoms with Crippen molar-refractivity contribution >= 4 is 11.6 Å². The van der Waals surface area contributed by atoms with Crippen LogP contribution in [0.5, 0.6) is 17.2 Å². The van der Waals surface area contributed by atoms with Gasteiger partial charge in [0.15, 0.2) is 5.75 Å². The van der Waals surface area contributed by atoms with Crippen LogP contribution in [-0.2, 0) is 0 Å². The normalized spacial score (nSPS) is 15.1. The topological polar surface area (TPSA) is 99.9 Å². The van der Waals surface area contributed by atoms with E-state index in [4.69, 9.17) is 14.2 Å². The van der Waals surface area contributed by atoms with Gasteiger partial charge in [-0.1, -0.05) is 49.6 Å². The number of nitrogens with one attached hydrogen (secondary N) is 1. The largest absolute Gasteiger partial charge is 0.493 e. The van der Waals surface area contributed by atoms with Crippen molar-refractivity contribution in [1.82, 2.24) is 5.32 Å². The van der Waals surface area contributed by atoms with Crippen molar-refractivity contribution in [2.24, 2.45) is 5.92 Å². The van der Waals surface area contributed by atoms with Gasteiger partial charge in [-0.3, -0.25) is 14.9 Å². The van der Waals surface area contributed by atoms with Crippen LogP contribution in [0.3, 0.4) is 0 Å². The maximum absolute atomic E-state index is 13.4. The monoisotopic (exact) mass is 428 g/mol. The predicted molar refractivity (Wildman–Crippen MR) is 116 cm³/mol. The fourth-order valence-corrected chi connectivity index (χ4v) is 4.32. The fraction of sp³-hybridized carbons (Fsp3) is 0.435. The Morgan fingerprint density at radius 2 is 1.68 bits per heavy atom. The van der Waals surface area contributed by atoms with Gasteiger partial charge in [-0.05, 0) is 24.3 Å². The predicted octanol–water partition coefficient (Wildman–Crippen LogP) is 4.67. The summed E-state index contributed by atoms with van der Waals surface area (Å²) in [5.74, 6) is -0.179. The van der Waals surface area contributed by atoms with Gasteiger partial charge < -0.3 is 19.5 Å². The van der Waals surface area contributed by atoms with Crippen molar-refractivity contribution < 1.29 is 23.9 Å². The van der Waals surface area contributed by atoms with Crippen LogP contribution >= 0.6 is 0 Å². The molecule has 31 heavy (non-hydrogen) atoms. The van der Waals surface area contributed by atoms with Crippen molar-refractivity contribution in [2.45, 2.75) is 38.1 Å². The molecule has 1 aliphatic rings. The molecule has 1 saturated carbocycles. The summed E-state index contributed by atoms with van der Waals surface area (Å²) in [6.45, 7) is 0. The molecule has 0 bridgehead atoms. The Morgan fingerprint density at radius 3 is 2.23 bits per heavy atom. The molecule has 8 heteroatoms. The summed E-state index contributed by atoms with van der Waals surface area (Å²) < 4.78 is 15.8. The lowest BCUT2D eigenvalue weighted by Gasteiger charge is -2.31. The molecule has 0 aromatic heterocycles. The molecule has 8 nitrogen and oxygen atoms in total. The maximum atomic E-state index is 13.4. The number of benzene rings is 2. The van der Waals surface area contributed by atoms with Crippen LogP contribution in [0.15, 0.2) is 36.4 Å². The van der Waals surface area contributed by atoms with Crippen LogP contribution in [0.4, 0.5) is 5.69 Å². The Labute approximate surface area is 181 Å². The van der Waals surface area contributed by atoms with Crippen LogP contribution in [0, 0.1) is 16.0 Å². The number of amides is 1. The zero-order valence-electron chi connectivity index (χ0n) is 18.1. The summed E-state index contributed by atoms with van der Waals surface area (Å²) in [5.41, 5.74) is 0.405. The van der Waals surface area contributed by atoms with Crippen LogP contribution in [0.25, 0.3) is 0 Å². The Bertz CT molecular complexity index is 925. The molecule has 2 aromatic carbocycles. The van der Waals surface area contributed by atoms with Gasteiger partial charge in [-0.15, -0.1) is 0 Å². The van der Waals surface area contributed by atoms with Crippen molar-refractivity contribution in [1.29, 1.82) is 0 Å². The molecule has 166 valence electrons. The van der Waals surface area contributed by atoms with Gasteiger partial charge >= 0.3 is 5.69 Å². The maximum Gasteiger partial charge on any atom is 0.327 e. The minimum Gasteiger partial charge on any atom is -0.493 e. The Balaban J connectivity index is 2.04. The van der Waals surface area contributed by atoms with Crippen LogP contribution in [-0.4, -0.2) is 32.2 Å². The number of carbonyl (C=O) groups excluding carboxylic acids is 1. The number of nitro groups is 1. The number of nitrogens with zero attached hydrogens (tertiary/aromatic N) is 1. The first-order chi connectivity index (χ1) is 15.0. The molecule has 1 aliphatic carbocycles. The highest BCUT2D eigenvalue weighted by atomic mass is 16.6. The number of ether oxygens (including phenoxy) is 3. The summed E-state index contributed by atoms with van der Waals surface area (Å²) >= 11 is 0. The lowest BCUT2D eigenvalue weighted by Crippen LogP contribution is -2.34. The first-order valence-electron chi connectivity index (χ1n) is 10.3. The van der Waals surface area contributed by atoms with Gasteiger partial charge in [-0.2, -0.15) is 0 Å². The zero-order chi connectivity index (χ0) is 22.4. The molecule has 0 saturated heterocycles. The number of rotatable bonds is 8. The van der Waals surface area contributed by atoms with E-state index < -0.39 is 16.5 Å². The van der Waals surface area contributed by atoms with Crippen LogP contribution in [0.2, 0.25) is 0 Å². The van der Waals surface area contributed by atoms with E-state index in [2.05, 4.69) is 5.32 Å². The minimum absolute atomic E-state index is 0.0696. The third-order valence-corrected chi connectivity index (χ3v) is 5.80. The molecule has 0 heterocycles. The Morgan fingerprint density at radius 1 is 1.03 bits per heavy atom. The fourth-order valence-electron chi connectivity index (χ4n) is 4.32. The lowest BCUT2D eigenvalue weighted by molar-refractivity contribution is -0.386. The van der Waals surface area contributed by atoms with Gasteiger partial charge in [0.1, 0.15) is 5.56 Å². The van der Waals surface area contributed by atoms with Gasteiger partial charge in [0.05, 0.1) is 32.3 Å². The molecule has 1 N–H and O–H groups in total. The molecule has 3 rings (SSSR count). The van der Waals surface area contributed by atoms with E-state index in [0.717, 1.165) is 31.2 Å². The molecule has 0 aliphatic heterocycles. The van der Waals surface area contributed by atoms with Crippen molar-refractivity contribution in [3.8, 4) is 17.2 Å². The van der Waals surface area contributed by atoms with Gasteiger partial charge in [0.2, 0.25) is 11.5 Å². The number of carbonyl (C=O) groups is 1. The number of hydrogen-bond donors (Lipinski definition) is 1. The van der Waals surface area contributed by atoms with E-state index >= 15 is 0 Å². The third-order valence-electron chi connectivity index (χ3n) is 5.80. The lowest BCUT2D eigenvalue weighted by atomic mass is 9.81. The molecule has 1 atom stereocenters. The third kappa shape index (κ3) is 4.73. The van der Waals surface area contributed by atoms with E-state index in [1.54, 1.807) is 0 Å². The second-order valence-corrected chi connectivity index (χ2v) is 7.56. The summed E-state index contributed by atoms with van der Waals surface area (Å²) in [6, 6.07) is 10.8. The Hall–Kier alpha value is -3.29. The minimum atomic E-state index is -0.631. The molecular formula is C23H28N2O6. The molecule has 1 amide bonds. The quantitative estimate of drug-likeness (QED) is 0.484. The smallest absolute Gasteiger partial charge is 0.327 e. The molecule has 1 fully saturated rings. The highest BCUT2D eigenvalue weighted by molar-refractivity contribution is 6.01. The van der Waals surface area contributed by atoms with Gasteiger partial charge in [0, 0.05) is 6.07 Å². The summed E-state index contributed by atoms with van der Waals surface area (Å²) in [4.78, 5) is 24.6. The van der Waals surface area contributed by atoms with Gasteiger partial charge in [0.25, 0.3) is 5.91 Å². The van der Waals surface area contributed by atoms with Crippen molar-refractivity contribution in [2.75, 3.05) is 21.3 Å². The van der Waals surface area contributed by atoms with Crippen LogP contribution in [0.1, 0.15) is 54.1 Å². The van der Waals surface area contributed by atoms with Crippen molar-refractivity contribution in [3.05, 3.63) is 57.6 Å². The number of hydrogen-bond acceptors (Lipinski definition) is 6. The molecule has 0 radical (unpaired) electrons. The van der Waals surface area contributed by atoms with E-state index in [1.807, 2.05) is 30.3 Å². The summed E-state index contributed by atoms with van der Waals surface area (Å²) in [7, 11) is 4.05. The summed E-state index contributed by atoms with van der Waals surface area (Å²) in [6.07, 6.45) is 5.39. The summed E-state index contributed by atoms with van der Waals surface area (Å²) in [5, 5.41) is 14.9. The highest BCUT2D eigenvalue weighted by Crippen LogP contribution is 2.46. The average molecular weight is 428 g/mol. The molecule has 2 aromatic rings. The average Bonchev–Trinajstić information content (AvgIpc) is 2.81. The number of methoxy groups -OCH3 is 3. The molecular weight excluding hydrogens is 400 g/mol. The van der Waals surface area contributed by atoms with Gasteiger partial charge in [-0.25, -0.2) is 0 Å². The highest BCUT2D eigenvalue weighted by Gasteiger charge is 2.34. The van der Waals surface area contributed by atoms with E-state index in [-0.39, 0.29) is 34.8 Å². The van der Waals surface area contributed by atoms with E-state index in [1.165, 1.54) is 33.8 Å². The number of nitro benzene ring substituents is 1. The second kappa shape index (κ2) is 10.1. The molecule has 1 unspecified atom stereocenters. The van der Waals surface area contributed by atoms with E-state index in [9.17, 15) is 14.9 Å². The SMILES string of the molecule is COc1cc(C(=O)NC(c2ccccc2)C2CCCCC2)c([N+](=O)[O-])c(OC)c1OC. The van der Waals surface area contributed by atoms with Crippen LogP contribution < -0.4 is 19.5 Å². The first kappa shape index (κ1) is 22.4. The molecule has 0 spiro atoms. The van der Waals surface area contributed by atoms with Crippen molar-refractivity contribution in [3.63, 3.8) is 0 Å². The second-order valence-electron chi connectivity index (χ2n) is 7.56. The standard InChI is InChI=1S/C23H28N2O6/c1-29-18-14-17(20(25(27)28)22(31-3)21(18)30-2)23(26)24-19(15-10-6-4-7-11-15)16-12-8-5-9-13-16/h4,6-7,10-11,14,16,19H,5,8-9,12-13H2,1-3H3,(H,24,26). The first-order valence-corrected chi connectivity index (χ1v) is 10.3.